The normalized spacial score (nSPS) is 15.6. The number of hydrogen-bond acceptors (Lipinski definition) is 5. The second-order valence-corrected chi connectivity index (χ2v) is 11.1. The lowest BCUT2D eigenvalue weighted by atomic mass is 10.1. The van der Waals surface area contributed by atoms with Gasteiger partial charge >= 0.3 is 0 Å². The van der Waals surface area contributed by atoms with E-state index in [9.17, 15) is 17.6 Å². The Morgan fingerprint density at radius 2 is 1.81 bits per heavy atom. The van der Waals surface area contributed by atoms with Gasteiger partial charge in [-0.25, -0.2) is 12.8 Å². The Morgan fingerprint density at radius 1 is 1.12 bits per heavy atom. The lowest BCUT2D eigenvalue weighted by Gasteiger charge is -2.33. The molecule has 10 heteroatoms. The van der Waals surface area contributed by atoms with Crippen molar-refractivity contribution in [2.45, 2.75) is 12.3 Å². The molecular formula is C22H27ClFN3O3S2. The van der Waals surface area contributed by atoms with Gasteiger partial charge in [-0.2, -0.15) is 16.1 Å². The molecule has 3 rings (SSSR count). The molecule has 32 heavy (non-hydrogen) atoms. The molecule has 0 aromatic heterocycles. The molecule has 174 valence electrons. The molecule has 0 bridgehead atoms. The molecule has 0 aliphatic carbocycles. The SMILES string of the molecule is CS(=O)(=O)N1CCN(Cc2ccc(C(=O)NCCSCc3c(F)cccc3Cl)cc2)CC1. The van der Waals surface area contributed by atoms with E-state index in [0.717, 1.165) is 12.1 Å². The molecule has 2 aromatic rings. The second-order valence-electron chi connectivity index (χ2n) is 7.64. The topological polar surface area (TPSA) is 69.7 Å². The Labute approximate surface area is 198 Å². The fourth-order valence-electron chi connectivity index (χ4n) is 3.42. The zero-order chi connectivity index (χ0) is 23.1. The first-order chi connectivity index (χ1) is 15.2. The summed E-state index contributed by atoms with van der Waals surface area (Å²) in [7, 11) is -3.13. The van der Waals surface area contributed by atoms with E-state index in [0.29, 0.717) is 60.4 Å². The number of piperazine rings is 1. The van der Waals surface area contributed by atoms with Crippen LogP contribution in [0.15, 0.2) is 42.5 Å². The first-order valence-electron chi connectivity index (χ1n) is 10.3. The molecule has 1 amide bonds. The Kier molecular flexibility index (Phi) is 8.95. The first kappa shape index (κ1) is 25.0. The summed E-state index contributed by atoms with van der Waals surface area (Å²) >= 11 is 7.53. The Bertz CT molecular complexity index is 1010. The predicted octanol–water partition coefficient (Wildman–Crippen LogP) is 3.22. The van der Waals surface area contributed by atoms with Crippen LogP contribution in [0.3, 0.4) is 0 Å². The summed E-state index contributed by atoms with van der Waals surface area (Å²) in [5.41, 5.74) is 2.14. The molecular weight excluding hydrogens is 473 g/mol. The summed E-state index contributed by atoms with van der Waals surface area (Å²) in [5.74, 6) is 0.636. The summed E-state index contributed by atoms with van der Waals surface area (Å²) in [6.45, 7) is 3.56. The molecule has 1 saturated heterocycles. The lowest BCUT2D eigenvalue weighted by Crippen LogP contribution is -2.47. The lowest BCUT2D eigenvalue weighted by molar-refractivity contribution is 0.0956. The molecule has 1 aliphatic rings. The van der Waals surface area contributed by atoms with Crippen LogP contribution in [0.2, 0.25) is 5.02 Å². The minimum absolute atomic E-state index is 0.150. The molecule has 0 spiro atoms. The number of benzene rings is 2. The van der Waals surface area contributed by atoms with Crippen LogP contribution in [0, 0.1) is 5.82 Å². The zero-order valence-corrected chi connectivity index (χ0v) is 20.3. The van der Waals surface area contributed by atoms with Crippen molar-refractivity contribution in [2.75, 3.05) is 44.7 Å². The van der Waals surface area contributed by atoms with E-state index in [1.807, 2.05) is 12.1 Å². The third-order valence-electron chi connectivity index (χ3n) is 5.26. The number of carbonyl (C=O) groups is 1. The Hall–Kier alpha value is -1.65. The monoisotopic (exact) mass is 499 g/mol. The van der Waals surface area contributed by atoms with Gasteiger partial charge in [0.25, 0.3) is 5.91 Å². The predicted molar refractivity (Wildman–Crippen MR) is 128 cm³/mol. The average molecular weight is 500 g/mol. The van der Waals surface area contributed by atoms with E-state index < -0.39 is 10.0 Å². The van der Waals surface area contributed by atoms with E-state index in [2.05, 4.69) is 10.2 Å². The number of hydrogen-bond donors (Lipinski definition) is 1. The standard InChI is InChI=1S/C22H27ClFN3O3S2/c1-32(29,30)27-12-10-26(11-13-27)15-17-5-7-18(8-6-17)22(28)25-9-14-31-16-19-20(23)3-2-4-21(19)24/h2-8H,9-16H2,1H3,(H,25,28). The van der Waals surface area contributed by atoms with E-state index in [1.165, 1.54) is 28.4 Å². The number of halogens is 2. The van der Waals surface area contributed by atoms with Crippen molar-refractivity contribution >= 4 is 39.3 Å². The van der Waals surface area contributed by atoms with Gasteiger partial charge < -0.3 is 5.32 Å². The van der Waals surface area contributed by atoms with Crippen molar-refractivity contribution < 1.29 is 17.6 Å². The van der Waals surface area contributed by atoms with Crippen LogP contribution in [0.1, 0.15) is 21.5 Å². The zero-order valence-electron chi connectivity index (χ0n) is 17.9. The van der Waals surface area contributed by atoms with Crippen LogP contribution in [0.5, 0.6) is 0 Å². The number of thioether (sulfide) groups is 1. The highest BCUT2D eigenvalue weighted by Gasteiger charge is 2.23. The van der Waals surface area contributed by atoms with Gasteiger partial charge in [-0.05, 0) is 29.8 Å². The molecule has 1 fully saturated rings. The van der Waals surface area contributed by atoms with E-state index >= 15 is 0 Å². The third-order valence-corrected chi connectivity index (χ3v) is 7.91. The number of amides is 1. The minimum Gasteiger partial charge on any atom is -0.351 e. The van der Waals surface area contributed by atoms with Crippen LogP contribution in [-0.2, 0) is 22.3 Å². The summed E-state index contributed by atoms with van der Waals surface area (Å²) in [6, 6.07) is 12.1. The number of nitrogens with zero attached hydrogens (tertiary/aromatic N) is 2. The van der Waals surface area contributed by atoms with Crippen LogP contribution < -0.4 is 5.32 Å². The molecule has 1 heterocycles. The molecule has 0 atom stereocenters. The van der Waals surface area contributed by atoms with Gasteiger partial charge in [0.05, 0.1) is 6.26 Å². The largest absolute Gasteiger partial charge is 0.351 e. The van der Waals surface area contributed by atoms with E-state index in [4.69, 9.17) is 11.6 Å². The fourth-order valence-corrected chi connectivity index (χ4v) is 5.45. The van der Waals surface area contributed by atoms with Gasteiger partial charge in [0.1, 0.15) is 5.82 Å². The molecule has 1 N–H and O–H groups in total. The first-order valence-corrected chi connectivity index (χ1v) is 13.7. The van der Waals surface area contributed by atoms with Crippen LogP contribution in [0.25, 0.3) is 0 Å². The maximum atomic E-state index is 13.8. The highest BCUT2D eigenvalue weighted by atomic mass is 35.5. The van der Waals surface area contributed by atoms with Gasteiger partial charge in [0.15, 0.2) is 0 Å². The summed E-state index contributed by atoms with van der Waals surface area (Å²) < 4.78 is 38.5. The van der Waals surface area contributed by atoms with Crippen molar-refractivity contribution in [3.05, 3.63) is 70.0 Å². The summed E-state index contributed by atoms with van der Waals surface area (Å²) in [6.07, 6.45) is 1.24. The van der Waals surface area contributed by atoms with E-state index in [1.54, 1.807) is 24.3 Å². The Balaban J connectivity index is 1.38. The molecule has 1 aliphatic heterocycles. The third kappa shape index (κ3) is 7.18. The molecule has 0 saturated carbocycles. The van der Waals surface area contributed by atoms with Gasteiger partial charge in [-0.3, -0.25) is 9.69 Å². The summed E-state index contributed by atoms with van der Waals surface area (Å²) in [4.78, 5) is 14.5. The van der Waals surface area contributed by atoms with Crippen LogP contribution in [0.4, 0.5) is 4.39 Å². The molecule has 2 aromatic carbocycles. The second kappa shape index (κ2) is 11.5. The van der Waals surface area contributed by atoms with Crippen molar-refractivity contribution in [3.63, 3.8) is 0 Å². The van der Waals surface area contributed by atoms with Crippen molar-refractivity contribution in [1.29, 1.82) is 0 Å². The molecule has 0 unspecified atom stereocenters. The van der Waals surface area contributed by atoms with Gasteiger partial charge in [-0.1, -0.05) is 29.8 Å². The quantitative estimate of drug-likeness (QED) is 0.536. The maximum Gasteiger partial charge on any atom is 0.251 e. The van der Waals surface area contributed by atoms with Crippen molar-refractivity contribution in [1.82, 2.24) is 14.5 Å². The molecule has 6 nitrogen and oxygen atoms in total. The van der Waals surface area contributed by atoms with Gasteiger partial charge in [-0.15, -0.1) is 0 Å². The van der Waals surface area contributed by atoms with E-state index in [-0.39, 0.29) is 11.7 Å². The highest BCUT2D eigenvalue weighted by Crippen LogP contribution is 2.23. The average Bonchev–Trinajstić information content (AvgIpc) is 2.75. The number of nitrogens with one attached hydrogen (secondary N) is 1. The van der Waals surface area contributed by atoms with Crippen LogP contribution in [-0.4, -0.2) is 68.3 Å². The maximum absolute atomic E-state index is 13.8. The van der Waals surface area contributed by atoms with Crippen molar-refractivity contribution in [3.8, 4) is 0 Å². The van der Waals surface area contributed by atoms with Gasteiger partial charge in [0.2, 0.25) is 10.0 Å². The summed E-state index contributed by atoms with van der Waals surface area (Å²) in [5, 5.41) is 3.29. The number of rotatable bonds is 9. The number of carbonyl (C=O) groups excluding carboxylic acids is 1. The number of sulfonamides is 1. The molecule has 0 radical (unpaired) electrons. The van der Waals surface area contributed by atoms with Gasteiger partial charge in [0, 0.05) is 66.9 Å². The fraction of sp³-hybridized carbons (Fsp3) is 0.409. The van der Waals surface area contributed by atoms with Crippen molar-refractivity contribution in [2.24, 2.45) is 0 Å². The Morgan fingerprint density at radius 3 is 2.44 bits per heavy atom. The minimum atomic E-state index is -3.13. The highest BCUT2D eigenvalue weighted by molar-refractivity contribution is 7.98. The smallest absolute Gasteiger partial charge is 0.251 e. The van der Waals surface area contributed by atoms with Crippen LogP contribution >= 0.6 is 23.4 Å².